The highest BCUT2D eigenvalue weighted by atomic mass is 15.1. The summed E-state index contributed by atoms with van der Waals surface area (Å²) in [6.07, 6.45) is 11.4. The van der Waals surface area contributed by atoms with Crippen LogP contribution in [0.5, 0.6) is 0 Å². The predicted molar refractivity (Wildman–Crippen MR) is 89.0 cm³/mol. The highest BCUT2D eigenvalue weighted by Gasteiger charge is 2.41. The Labute approximate surface area is 132 Å². The molecule has 2 aliphatic carbocycles. The van der Waals surface area contributed by atoms with Crippen LogP contribution in [0.4, 0.5) is 11.8 Å². The molecule has 2 fully saturated rings. The van der Waals surface area contributed by atoms with Crippen molar-refractivity contribution in [2.75, 3.05) is 24.1 Å². The summed E-state index contributed by atoms with van der Waals surface area (Å²) in [7, 11) is 0. The molecule has 5 heteroatoms. The fraction of sp³-hybridized carbons (Fsp3) is 0.765. The van der Waals surface area contributed by atoms with Crippen LogP contribution < -0.4 is 16.4 Å². The first-order valence-electron chi connectivity index (χ1n) is 8.91. The van der Waals surface area contributed by atoms with Gasteiger partial charge in [0.1, 0.15) is 5.82 Å². The molecule has 1 spiro atoms. The Hall–Kier alpha value is -1.36. The van der Waals surface area contributed by atoms with E-state index in [0.29, 0.717) is 17.4 Å². The minimum absolute atomic E-state index is 0.298. The van der Waals surface area contributed by atoms with Gasteiger partial charge >= 0.3 is 0 Å². The summed E-state index contributed by atoms with van der Waals surface area (Å²) in [5.41, 5.74) is 8.95. The normalized spacial score (nSPS) is 26.3. The van der Waals surface area contributed by atoms with Crippen LogP contribution in [-0.2, 0) is 11.8 Å². The zero-order chi connectivity index (χ0) is 15.0. The van der Waals surface area contributed by atoms with Crippen LogP contribution >= 0.6 is 0 Å². The number of nitrogens with zero attached hydrogens (tertiary/aromatic N) is 2. The Kier molecular flexibility index (Phi) is 3.68. The number of hydrogen-bond acceptors (Lipinski definition) is 5. The number of nitrogens with one attached hydrogen (secondary N) is 2. The average Bonchev–Trinajstić information content (AvgIpc) is 3.18. The molecular formula is C17H27N5. The van der Waals surface area contributed by atoms with Crippen molar-refractivity contribution >= 4 is 11.8 Å². The maximum absolute atomic E-state index is 6.04. The molecule has 2 heterocycles. The van der Waals surface area contributed by atoms with Crippen LogP contribution in [0.3, 0.4) is 0 Å². The molecule has 120 valence electrons. The number of hydrogen-bond donors (Lipinski definition) is 3. The second-order valence-electron chi connectivity index (χ2n) is 7.27. The van der Waals surface area contributed by atoms with Gasteiger partial charge in [-0.05, 0) is 51.5 Å². The van der Waals surface area contributed by atoms with E-state index in [-0.39, 0.29) is 0 Å². The summed E-state index contributed by atoms with van der Waals surface area (Å²) >= 11 is 0. The van der Waals surface area contributed by atoms with Gasteiger partial charge in [-0.2, -0.15) is 4.98 Å². The molecule has 3 aliphatic rings. The molecule has 1 atom stereocenters. The van der Waals surface area contributed by atoms with Crippen molar-refractivity contribution in [3.05, 3.63) is 11.3 Å². The van der Waals surface area contributed by atoms with Gasteiger partial charge in [0.05, 0.1) is 5.69 Å². The van der Waals surface area contributed by atoms with Gasteiger partial charge in [-0.1, -0.05) is 12.8 Å². The number of anilines is 2. The first-order chi connectivity index (χ1) is 10.8. The molecule has 4 rings (SSSR count). The smallest absolute Gasteiger partial charge is 0.222 e. The average molecular weight is 301 g/mol. The number of nitrogens with two attached hydrogens (primary N) is 1. The Balaban J connectivity index is 1.63. The standard InChI is InChI=1S/C17H27N5/c18-16-21-14-13(6-3-9-17(14)7-1-2-8-17)15(22-16)20-11-12-5-4-10-19-12/h12,19H,1-11H2,(H3,18,20,21,22)/t12-/m0/s1. The number of fused-ring (bicyclic) bond motifs is 2. The highest BCUT2D eigenvalue weighted by molar-refractivity contribution is 5.53. The van der Waals surface area contributed by atoms with Crippen molar-refractivity contribution in [1.82, 2.24) is 15.3 Å². The van der Waals surface area contributed by atoms with Gasteiger partial charge in [0.15, 0.2) is 0 Å². The van der Waals surface area contributed by atoms with Crippen molar-refractivity contribution in [1.29, 1.82) is 0 Å². The minimum Gasteiger partial charge on any atom is -0.368 e. The van der Waals surface area contributed by atoms with Gasteiger partial charge in [0.25, 0.3) is 0 Å². The summed E-state index contributed by atoms with van der Waals surface area (Å²) in [5.74, 6) is 1.44. The second kappa shape index (κ2) is 5.69. The third-order valence-corrected chi connectivity index (χ3v) is 5.85. The minimum atomic E-state index is 0.298. The molecule has 4 N–H and O–H groups in total. The summed E-state index contributed by atoms with van der Waals surface area (Å²) in [6.45, 7) is 2.08. The van der Waals surface area contributed by atoms with Crippen LogP contribution in [0.1, 0.15) is 62.6 Å². The fourth-order valence-electron chi connectivity index (χ4n) is 4.73. The number of nitrogen functional groups attached to an aromatic ring is 1. The van der Waals surface area contributed by atoms with Crippen molar-refractivity contribution < 1.29 is 0 Å². The zero-order valence-corrected chi connectivity index (χ0v) is 13.3. The van der Waals surface area contributed by atoms with E-state index >= 15 is 0 Å². The monoisotopic (exact) mass is 301 g/mol. The van der Waals surface area contributed by atoms with Crippen molar-refractivity contribution in [2.45, 2.75) is 69.2 Å². The summed E-state index contributed by atoms with van der Waals surface area (Å²) in [5, 5.41) is 7.10. The molecule has 0 aromatic carbocycles. The maximum Gasteiger partial charge on any atom is 0.222 e. The Morgan fingerprint density at radius 1 is 1.14 bits per heavy atom. The van der Waals surface area contributed by atoms with Gasteiger partial charge in [-0.25, -0.2) is 4.98 Å². The van der Waals surface area contributed by atoms with E-state index in [9.17, 15) is 0 Å². The van der Waals surface area contributed by atoms with Crippen molar-refractivity contribution in [3.8, 4) is 0 Å². The molecule has 0 bridgehead atoms. The van der Waals surface area contributed by atoms with Crippen LogP contribution in [0.15, 0.2) is 0 Å². The van der Waals surface area contributed by atoms with Gasteiger partial charge in [-0.15, -0.1) is 0 Å². The third kappa shape index (κ3) is 2.45. The maximum atomic E-state index is 6.04. The summed E-state index contributed by atoms with van der Waals surface area (Å²) < 4.78 is 0. The van der Waals surface area contributed by atoms with E-state index in [2.05, 4.69) is 15.6 Å². The quantitative estimate of drug-likeness (QED) is 0.799. The fourth-order valence-corrected chi connectivity index (χ4v) is 4.73. The van der Waals surface area contributed by atoms with Gasteiger partial charge in [0, 0.05) is 23.6 Å². The van der Waals surface area contributed by atoms with E-state index in [1.807, 2.05) is 0 Å². The lowest BCUT2D eigenvalue weighted by molar-refractivity contribution is 0.358. The lowest BCUT2D eigenvalue weighted by Crippen LogP contribution is -2.33. The lowest BCUT2D eigenvalue weighted by atomic mass is 9.72. The van der Waals surface area contributed by atoms with Crippen LogP contribution in [0, 0.1) is 0 Å². The van der Waals surface area contributed by atoms with Crippen LogP contribution in [0.25, 0.3) is 0 Å². The summed E-state index contributed by atoms with van der Waals surface area (Å²) in [4.78, 5) is 9.23. The zero-order valence-electron chi connectivity index (χ0n) is 13.3. The van der Waals surface area contributed by atoms with E-state index in [4.69, 9.17) is 10.7 Å². The third-order valence-electron chi connectivity index (χ3n) is 5.85. The Morgan fingerprint density at radius 3 is 2.73 bits per heavy atom. The van der Waals surface area contributed by atoms with Crippen LogP contribution in [0.2, 0.25) is 0 Å². The highest BCUT2D eigenvalue weighted by Crippen LogP contribution is 2.49. The van der Waals surface area contributed by atoms with E-state index < -0.39 is 0 Å². The lowest BCUT2D eigenvalue weighted by Gasteiger charge is -2.35. The van der Waals surface area contributed by atoms with E-state index in [1.165, 1.54) is 62.6 Å². The van der Waals surface area contributed by atoms with Gasteiger partial charge < -0.3 is 16.4 Å². The molecule has 1 aromatic rings. The van der Waals surface area contributed by atoms with E-state index in [0.717, 1.165) is 25.3 Å². The molecule has 1 aromatic heterocycles. The first kappa shape index (κ1) is 14.2. The van der Waals surface area contributed by atoms with Gasteiger partial charge in [-0.3, -0.25) is 0 Å². The first-order valence-corrected chi connectivity index (χ1v) is 8.91. The molecule has 0 amide bonds. The van der Waals surface area contributed by atoms with Crippen molar-refractivity contribution in [3.63, 3.8) is 0 Å². The molecule has 1 aliphatic heterocycles. The molecule has 0 radical (unpaired) electrons. The van der Waals surface area contributed by atoms with E-state index in [1.54, 1.807) is 0 Å². The van der Waals surface area contributed by atoms with Gasteiger partial charge in [0.2, 0.25) is 5.95 Å². The number of rotatable bonds is 3. The molecular weight excluding hydrogens is 274 g/mol. The molecule has 0 unspecified atom stereocenters. The molecule has 1 saturated carbocycles. The molecule has 22 heavy (non-hydrogen) atoms. The van der Waals surface area contributed by atoms with Crippen molar-refractivity contribution in [2.24, 2.45) is 0 Å². The Morgan fingerprint density at radius 2 is 1.95 bits per heavy atom. The number of aromatic nitrogens is 2. The topological polar surface area (TPSA) is 75.9 Å². The largest absolute Gasteiger partial charge is 0.368 e. The predicted octanol–water partition coefficient (Wildman–Crippen LogP) is 2.37. The molecule has 1 saturated heterocycles. The second-order valence-corrected chi connectivity index (χ2v) is 7.27. The van der Waals surface area contributed by atoms with Crippen LogP contribution in [-0.4, -0.2) is 29.1 Å². The Bertz CT molecular complexity index is 544. The summed E-state index contributed by atoms with van der Waals surface area (Å²) in [6, 6.07) is 0.566. The SMILES string of the molecule is Nc1nc(NC[C@@H]2CCCN2)c2c(n1)C1(CCCC1)CCC2. The molecule has 5 nitrogen and oxygen atoms in total.